The van der Waals surface area contributed by atoms with E-state index in [1.807, 2.05) is 30.3 Å². The molecule has 3 rings (SSSR count). The number of hydrogen-bond donors (Lipinski definition) is 2. The normalized spacial score (nSPS) is 11.5. The van der Waals surface area contributed by atoms with Crippen molar-refractivity contribution < 1.29 is 5.11 Å². The van der Waals surface area contributed by atoms with Crippen molar-refractivity contribution in [3.63, 3.8) is 0 Å². The first-order valence-electron chi connectivity index (χ1n) is 7.28. The maximum absolute atomic E-state index is 9.97. The third-order valence-corrected chi connectivity index (χ3v) is 3.83. The molecule has 3 aromatic rings. The topological polar surface area (TPSA) is 48.4 Å². The number of H-pyrrole nitrogens is 1. The molecule has 4 heteroatoms. The summed E-state index contributed by atoms with van der Waals surface area (Å²) in [7, 11) is 0. The maximum atomic E-state index is 9.97. The summed E-state index contributed by atoms with van der Waals surface area (Å²) in [5.74, 6) is 0.129. The predicted octanol–water partition coefficient (Wildman–Crippen LogP) is 4.58. The van der Waals surface area contributed by atoms with Crippen LogP contribution in [0.1, 0.15) is 17.5 Å². The molecule has 0 amide bonds. The first-order chi connectivity index (χ1) is 10.7. The van der Waals surface area contributed by atoms with Crippen LogP contribution in [0, 0.1) is 0 Å². The predicted molar refractivity (Wildman–Crippen MR) is 92.2 cm³/mol. The SMILES string of the molecule is Oc1[nH]c2ccc(Cl)cc2c1C=NCCCc1ccccc1. The minimum absolute atomic E-state index is 0.129. The fraction of sp³-hybridized carbons (Fsp3) is 0.167. The van der Waals surface area contributed by atoms with E-state index >= 15 is 0 Å². The molecule has 0 saturated carbocycles. The molecule has 0 bridgehead atoms. The highest BCUT2D eigenvalue weighted by molar-refractivity contribution is 6.31. The number of halogens is 1. The van der Waals surface area contributed by atoms with Crippen LogP contribution >= 0.6 is 11.6 Å². The maximum Gasteiger partial charge on any atom is 0.198 e. The zero-order chi connectivity index (χ0) is 15.4. The highest BCUT2D eigenvalue weighted by Gasteiger charge is 2.08. The number of hydrogen-bond acceptors (Lipinski definition) is 2. The number of nitrogens with zero attached hydrogens (tertiary/aromatic N) is 1. The van der Waals surface area contributed by atoms with E-state index in [1.54, 1.807) is 12.3 Å². The van der Waals surface area contributed by atoms with Crippen molar-refractivity contribution in [1.29, 1.82) is 0 Å². The lowest BCUT2D eigenvalue weighted by atomic mass is 10.1. The van der Waals surface area contributed by atoms with Crippen molar-refractivity contribution in [2.75, 3.05) is 6.54 Å². The lowest BCUT2D eigenvalue weighted by Gasteiger charge is -1.98. The Morgan fingerprint density at radius 3 is 2.77 bits per heavy atom. The minimum Gasteiger partial charge on any atom is -0.494 e. The van der Waals surface area contributed by atoms with Gasteiger partial charge in [0.05, 0.1) is 5.56 Å². The Bertz CT molecular complexity index is 793. The Labute approximate surface area is 134 Å². The number of nitrogens with one attached hydrogen (secondary N) is 1. The van der Waals surface area contributed by atoms with Crippen LogP contribution in [0.5, 0.6) is 5.88 Å². The van der Waals surface area contributed by atoms with Crippen LogP contribution in [-0.2, 0) is 6.42 Å². The van der Waals surface area contributed by atoms with Gasteiger partial charge in [-0.1, -0.05) is 41.9 Å². The van der Waals surface area contributed by atoms with Gasteiger partial charge in [-0.05, 0) is 36.6 Å². The molecular weight excluding hydrogens is 296 g/mol. The average molecular weight is 313 g/mol. The smallest absolute Gasteiger partial charge is 0.198 e. The first kappa shape index (κ1) is 14.7. The number of fused-ring (bicyclic) bond motifs is 1. The molecule has 0 fully saturated rings. The van der Waals surface area contributed by atoms with Crippen LogP contribution in [0.15, 0.2) is 53.5 Å². The van der Waals surface area contributed by atoms with E-state index in [4.69, 9.17) is 11.6 Å². The lowest BCUT2D eigenvalue weighted by Crippen LogP contribution is -1.89. The number of aromatic hydroxyl groups is 1. The van der Waals surface area contributed by atoms with Crippen LogP contribution in [0.25, 0.3) is 10.9 Å². The molecule has 3 nitrogen and oxygen atoms in total. The largest absolute Gasteiger partial charge is 0.494 e. The summed E-state index contributed by atoms with van der Waals surface area (Å²) in [6.45, 7) is 0.724. The number of aliphatic imine (C=N–C) groups is 1. The second-order valence-electron chi connectivity index (χ2n) is 5.20. The van der Waals surface area contributed by atoms with Gasteiger partial charge >= 0.3 is 0 Å². The summed E-state index contributed by atoms with van der Waals surface area (Å²) in [5, 5.41) is 11.5. The number of rotatable bonds is 5. The molecule has 1 aromatic heterocycles. The van der Waals surface area contributed by atoms with Gasteiger partial charge in [0.1, 0.15) is 0 Å². The van der Waals surface area contributed by atoms with E-state index in [0.29, 0.717) is 10.6 Å². The summed E-state index contributed by atoms with van der Waals surface area (Å²) in [4.78, 5) is 7.35. The summed E-state index contributed by atoms with van der Waals surface area (Å²) in [5.41, 5.74) is 2.87. The molecule has 22 heavy (non-hydrogen) atoms. The quantitative estimate of drug-likeness (QED) is 0.526. The molecule has 0 radical (unpaired) electrons. The van der Waals surface area contributed by atoms with Gasteiger partial charge in [0.2, 0.25) is 0 Å². The van der Waals surface area contributed by atoms with Gasteiger partial charge in [-0.15, -0.1) is 0 Å². The van der Waals surface area contributed by atoms with Crippen LogP contribution in [0.4, 0.5) is 0 Å². The molecule has 2 aromatic carbocycles. The van der Waals surface area contributed by atoms with E-state index in [-0.39, 0.29) is 5.88 Å². The first-order valence-corrected chi connectivity index (χ1v) is 7.66. The molecule has 2 N–H and O–H groups in total. The van der Waals surface area contributed by atoms with Crippen molar-refractivity contribution in [2.24, 2.45) is 4.99 Å². The van der Waals surface area contributed by atoms with Crippen molar-refractivity contribution in [1.82, 2.24) is 4.98 Å². The van der Waals surface area contributed by atoms with Gasteiger partial charge in [0, 0.05) is 28.7 Å². The van der Waals surface area contributed by atoms with Gasteiger partial charge in [-0.3, -0.25) is 4.99 Å². The fourth-order valence-corrected chi connectivity index (χ4v) is 2.65. The van der Waals surface area contributed by atoms with Gasteiger partial charge in [-0.2, -0.15) is 0 Å². The number of aromatic nitrogens is 1. The molecule has 0 unspecified atom stereocenters. The Kier molecular flexibility index (Phi) is 4.45. The number of benzene rings is 2. The zero-order valence-corrected chi connectivity index (χ0v) is 12.8. The van der Waals surface area contributed by atoms with Gasteiger partial charge < -0.3 is 10.1 Å². The van der Waals surface area contributed by atoms with Crippen LogP contribution in [0.2, 0.25) is 5.02 Å². The van der Waals surface area contributed by atoms with Gasteiger partial charge in [0.25, 0.3) is 0 Å². The van der Waals surface area contributed by atoms with Gasteiger partial charge in [0.15, 0.2) is 5.88 Å². The molecule has 0 aliphatic heterocycles. The highest BCUT2D eigenvalue weighted by atomic mass is 35.5. The molecule has 0 aliphatic rings. The summed E-state index contributed by atoms with van der Waals surface area (Å²) >= 11 is 6.01. The highest BCUT2D eigenvalue weighted by Crippen LogP contribution is 2.27. The number of aryl methyl sites for hydroxylation is 1. The summed E-state index contributed by atoms with van der Waals surface area (Å²) in [6.07, 6.45) is 3.70. The zero-order valence-electron chi connectivity index (χ0n) is 12.1. The Morgan fingerprint density at radius 1 is 1.14 bits per heavy atom. The van der Waals surface area contributed by atoms with E-state index in [2.05, 4.69) is 22.1 Å². The van der Waals surface area contributed by atoms with E-state index < -0.39 is 0 Å². The van der Waals surface area contributed by atoms with Crippen LogP contribution in [-0.4, -0.2) is 22.8 Å². The van der Waals surface area contributed by atoms with E-state index in [9.17, 15) is 5.11 Å². The fourth-order valence-electron chi connectivity index (χ4n) is 2.48. The second-order valence-corrected chi connectivity index (χ2v) is 5.64. The van der Waals surface area contributed by atoms with Crippen molar-refractivity contribution in [3.05, 3.63) is 64.7 Å². The molecule has 0 saturated heterocycles. The molecule has 1 heterocycles. The summed E-state index contributed by atoms with van der Waals surface area (Å²) < 4.78 is 0. The molecule has 0 aliphatic carbocycles. The lowest BCUT2D eigenvalue weighted by molar-refractivity contribution is 0.457. The molecule has 0 spiro atoms. The molecule has 112 valence electrons. The third-order valence-electron chi connectivity index (χ3n) is 3.60. The number of aromatic amines is 1. The monoisotopic (exact) mass is 312 g/mol. The molecular formula is C18H17ClN2O. The third kappa shape index (κ3) is 3.31. The Hall–Kier alpha value is -2.26. The Morgan fingerprint density at radius 2 is 1.95 bits per heavy atom. The second kappa shape index (κ2) is 6.67. The van der Waals surface area contributed by atoms with Crippen molar-refractivity contribution in [3.8, 4) is 5.88 Å². The van der Waals surface area contributed by atoms with E-state index in [0.717, 1.165) is 30.3 Å². The van der Waals surface area contributed by atoms with E-state index in [1.165, 1.54) is 5.56 Å². The van der Waals surface area contributed by atoms with Crippen LogP contribution in [0.3, 0.4) is 0 Å². The molecule has 0 atom stereocenters. The van der Waals surface area contributed by atoms with Crippen molar-refractivity contribution in [2.45, 2.75) is 12.8 Å². The standard InChI is InChI=1S/C18H17ClN2O/c19-14-8-9-17-15(11-14)16(18(22)21-17)12-20-10-4-7-13-5-2-1-3-6-13/h1-3,5-6,8-9,11-12,21-22H,4,7,10H2. The summed E-state index contributed by atoms with van der Waals surface area (Å²) in [6, 6.07) is 15.8. The van der Waals surface area contributed by atoms with Crippen molar-refractivity contribution >= 4 is 28.7 Å². The van der Waals surface area contributed by atoms with Gasteiger partial charge in [-0.25, -0.2) is 0 Å². The Balaban J connectivity index is 1.65. The minimum atomic E-state index is 0.129. The van der Waals surface area contributed by atoms with Crippen LogP contribution < -0.4 is 0 Å². The average Bonchev–Trinajstić information content (AvgIpc) is 2.83.